The number of rotatable bonds is 6. The first-order valence-electron chi connectivity index (χ1n) is 7.20. The fourth-order valence-corrected chi connectivity index (χ4v) is 2.34. The van der Waals surface area contributed by atoms with Gasteiger partial charge in [0, 0.05) is 11.2 Å². The summed E-state index contributed by atoms with van der Waals surface area (Å²) in [5.41, 5.74) is 0.824. The summed E-state index contributed by atoms with van der Waals surface area (Å²) >= 11 is 5.94. The molecule has 0 spiro atoms. The van der Waals surface area contributed by atoms with Gasteiger partial charge in [-0.2, -0.15) is 5.10 Å². The number of benzene rings is 1. The molecular weight excluding hydrogens is 348 g/mol. The largest absolute Gasteiger partial charge is 0.476 e. The smallest absolute Gasteiger partial charge is 0.356 e. The quantitative estimate of drug-likeness (QED) is 0.688. The van der Waals surface area contributed by atoms with E-state index in [4.69, 9.17) is 16.7 Å². The van der Waals surface area contributed by atoms with E-state index in [0.717, 1.165) is 5.56 Å². The van der Waals surface area contributed by atoms with Crippen LogP contribution in [0.5, 0.6) is 0 Å². The summed E-state index contributed by atoms with van der Waals surface area (Å²) < 4.78 is 2.79. The van der Waals surface area contributed by atoms with Crippen LogP contribution in [0.1, 0.15) is 16.1 Å². The molecule has 0 saturated heterocycles. The predicted octanol–water partition coefficient (Wildman–Crippen LogP) is 1.51. The zero-order valence-corrected chi connectivity index (χ0v) is 13.6. The van der Waals surface area contributed by atoms with Gasteiger partial charge in [0.15, 0.2) is 5.69 Å². The molecule has 0 atom stereocenters. The Hall–Kier alpha value is -3.20. The van der Waals surface area contributed by atoms with Gasteiger partial charge in [-0.15, -0.1) is 5.10 Å². The van der Waals surface area contributed by atoms with Crippen molar-refractivity contribution in [2.45, 2.75) is 13.1 Å². The maximum Gasteiger partial charge on any atom is 0.356 e. The van der Waals surface area contributed by atoms with Crippen LogP contribution in [0, 0.1) is 0 Å². The normalized spacial score (nSPS) is 10.6. The minimum absolute atomic E-state index is 0.128. The van der Waals surface area contributed by atoms with E-state index in [2.05, 4.69) is 20.5 Å². The third-order valence-corrected chi connectivity index (χ3v) is 3.42. The number of aromatic nitrogens is 5. The maximum atomic E-state index is 11.9. The van der Waals surface area contributed by atoms with Crippen LogP contribution in [-0.4, -0.2) is 41.5 Å². The Balaban J connectivity index is 1.58. The molecule has 0 fully saturated rings. The van der Waals surface area contributed by atoms with Gasteiger partial charge < -0.3 is 5.11 Å². The molecule has 0 unspecified atom stereocenters. The molecule has 0 aliphatic heterocycles. The van der Waals surface area contributed by atoms with E-state index in [1.54, 1.807) is 10.7 Å². The Bertz CT molecular complexity index is 919. The predicted molar refractivity (Wildman–Crippen MR) is 88.4 cm³/mol. The van der Waals surface area contributed by atoms with Crippen molar-refractivity contribution in [2.24, 2.45) is 0 Å². The van der Waals surface area contributed by atoms with Crippen LogP contribution in [0.4, 0.5) is 5.95 Å². The number of halogens is 1. The second-order valence-electron chi connectivity index (χ2n) is 5.15. The molecule has 1 aromatic carbocycles. The van der Waals surface area contributed by atoms with E-state index in [0.29, 0.717) is 11.6 Å². The Kier molecular flexibility index (Phi) is 4.75. The zero-order valence-electron chi connectivity index (χ0n) is 12.8. The van der Waals surface area contributed by atoms with Crippen molar-refractivity contribution in [3.63, 3.8) is 0 Å². The standard InChI is InChI=1S/C15H13ClN6O3/c16-11-3-1-2-10(6-11)7-22-9-17-15(20-22)18-13(23)8-21-5-4-12(19-21)14(24)25/h1-6,9H,7-8H2,(H,24,25)(H,18,20,23). The molecule has 0 aliphatic carbocycles. The molecular formula is C15H13ClN6O3. The summed E-state index contributed by atoms with van der Waals surface area (Å²) in [6, 6.07) is 8.66. The fraction of sp³-hybridized carbons (Fsp3) is 0.133. The lowest BCUT2D eigenvalue weighted by molar-refractivity contribution is -0.117. The number of hydrogen-bond donors (Lipinski definition) is 2. The van der Waals surface area contributed by atoms with Crippen molar-refractivity contribution in [3.05, 3.63) is 59.1 Å². The van der Waals surface area contributed by atoms with Crippen LogP contribution >= 0.6 is 11.6 Å². The first-order chi connectivity index (χ1) is 12.0. The summed E-state index contributed by atoms with van der Waals surface area (Å²) in [6.07, 6.45) is 2.90. The summed E-state index contributed by atoms with van der Waals surface area (Å²) in [5, 5.41) is 19.9. The number of nitrogens with one attached hydrogen (secondary N) is 1. The minimum atomic E-state index is -1.15. The van der Waals surface area contributed by atoms with E-state index >= 15 is 0 Å². The van der Waals surface area contributed by atoms with Crippen LogP contribution < -0.4 is 5.32 Å². The van der Waals surface area contributed by atoms with Crippen molar-refractivity contribution in [1.82, 2.24) is 24.5 Å². The molecule has 2 aromatic heterocycles. The van der Waals surface area contributed by atoms with Crippen molar-refractivity contribution >= 4 is 29.4 Å². The molecule has 2 N–H and O–H groups in total. The van der Waals surface area contributed by atoms with Crippen molar-refractivity contribution in [3.8, 4) is 0 Å². The summed E-state index contributed by atoms with van der Waals surface area (Å²) in [6.45, 7) is 0.320. The molecule has 2 heterocycles. The van der Waals surface area contributed by atoms with Crippen LogP contribution in [-0.2, 0) is 17.9 Å². The van der Waals surface area contributed by atoms with Gasteiger partial charge in [-0.05, 0) is 23.8 Å². The number of nitrogens with zero attached hydrogens (tertiary/aromatic N) is 5. The highest BCUT2D eigenvalue weighted by Gasteiger charge is 2.11. The number of carboxylic acid groups (broad SMARTS) is 1. The average molecular weight is 361 g/mol. The number of aromatic carboxylic acids is 1. The lowest BCUT2D eigenvalue weighted by atomic mass is 10.2. The van der Waals surface area contributed by atoms with E-state index in [9.17, 15) is 9.59 Å². The van der Waals surface area contributed by atoms with Crippen molar-refractivity contribution < 1.29 is 14.7 Å². The lowest BCUT2D eigenvalue weighted by Gasteiger charge is -2.02. The molecule has 0 bridgehead atoms. The number of amides is 1. The van der Waals surface area contributed by atoms with Gasteiger partial charge in [-0.3, -0.25) is 14.8 Å². The Morgan fingerprint density at radius 2 is 2.04 bits per heavy atom. The van der Waals surface area contributed by atoms with Gasteiger partial charge in [0.2, 0.25) is 11.9 Å². The molecule has 3 aromatic rings. The topological polar surface area (TPSA) is 115 Å². The Morgan fingerprint density at radius 3 is 2.76 bits per heavy atom. The van der Waals surface area contributed by atoms with Gasteiger partial charge >= 0.3 is 5.97 Å². The third-order valence-electron chi connectivity index (χ3n) is 3.19. The fourth-order valence-electron chi connectivity index (χ4n) is 2.13. The number of hydrogen-bond acceptors (Lipinski definition) is 5. The van der Waals surface area contributed by atoms with Crippen molar-refractivity contribution in [2.75, 3.05) is 5.32 Å². The minimum Gasteiger partial charge on any atom is -0.476 e. The first kappa shape index (κ1) is 16.7. The van der Waals surface area contributed by atoms with E-state index in [1.807, 2.05) is 18.2 Å². The third kappa shape index (κ3) is 4.42. The lowest BCUT2D eigenvalue weighted by Crippen LogP contribution is -2.20. The molecule has 9 nitrogen and oxygen atoms in total. The highest BCUT2D eigenvalue weighted by molar-refractivity contribution is 6.30. The molecule has 3 rings (SSSR count). The second kappa shape index (κ2) is 7.14. The van der Waals surface area contributed by atoms with Gasteiger partial charge in [-0.1, -0.05) is 23.7 Å². The molecule has 0 saturated carbocycles. The summed E-state index contributed by atoms with van der Waals surface area (Å²) in [5.74, 6) is -1.42. The first-order valence-corrected chi connectivity index (χ1v) is 7.58. The SMILES string of the molecule is O=C(Cn1ccc(C(=O)O)n1)Nc1ncn(Cc2cccc(Cl)c2)n1. The maximum absolute atomic E-state index is 11.9. The van der Waals surface area contributed by atoms with Crippen LogP contribution in [0.3, 0.4) is 0 Å². The van der Waals surface area contributed by atoms with Crippen LogP contribution in [0.15, 0.2) is 42.9 Å². The van der Waals surface area contributed by atoms with Gasteiger partial charge in [0.25, 0.3) is 0 Å². The molecule has 0 radical (unpaired) electrons. The number of anilines is 1. The van der Waals surface area contributed by atoms with Crippen LogP contribution in [0.2, 0.25) is 5.02 Å². The number of carbonyl (C=O) groups excluding carboxylic acids is 1. The van der Waals surface area contributed by atoms with Gasteiger partial charge in [0.05, 0.1) is 6.54 Å². The Morgan fingerprint density at radius 1 is 1.20 bits per heavy atom. The van der Waals surface area contributed by atoms with Crippen LogP contribution in [0.25, 0.3) is 0 Å². The zero-order chi connectivity index (χ0) is 17.8. The molecule has 10 heteroatoms. The summed E-state index contributed by atoms with van der Waals surface area (Å²) in [4.78, 5) is 26.7. The molecule has 25 heavy (non-hydrogen) atoms. The van der Waals surface area contributed by atoms with Crippen molar-refractivity contribution in [1.29, 1.82) is 0 Å². The second-order valence-corrected chi connectivity index (χ2v) is 5.58. The molecule has 128 valence electrons. The van der Waals surface area contributed by atoms with E-state index in [-0.39, 0.29) is 18.2 Å². The van der Waals surface area contributed by atoms with Gasteiger partial charge in [-0.25, -0.2) is 14.5 Å². The number of carboxylic acids is 1. The monoisotopic (exact) mass is 360 g/mol. The highest BCUT2D eigenvalue weighted by atomic mass is 35.5. The highest BCUT2D eigenvalue weighted by Crippen LogP contribution is 2.11. The van der Waals surface area contributed by atoms with Gasteiger partial charge in [0.1, 0.15) is 12.9 Å². The number of carbonyl (C=O) groups is 2. The molecule has 1 amide bonds. The van der Waals surface area contributed by atoms with E-state index in [1.165, 1.54) is 23.3 Å². The average Bonchev–Trinajstić information content (AvgIpc) is 3.17. The summed E-state index contributed by atoms with van der Waals surface area (Å²) in [7, 11) is 0. The van der Waals surface area contributed by atoms with E-state index < -0.39 is 11.9 Å². The molecule has 0 aliphatic rings. The Labute approximate surface area is 146 Å².